The van der Waals surface area contributed by atoms with Gasteiger partial charge in [0.1, 0.15) is 15.8 Å². The van der Waals surface area contributed by atoms with Gasteiger partial charge >= 0.3 is 25.2 Å². The summed E-state index contributed by atoms with van der Waals surface area (Å²) in [4.78, 5) is 31.2. The minimum atomic E-state index is -4.64. The fraction of sp³-hybridized carbons (Fsp3) is 0.464. The molecule has 3 aromatic rings. The van der Waals surface area contributed by atoms with E-state index in [9.17, 15) is 33.3 Å². The number of rotatable bonds is 7. The summed E-state index contributed by atoms with van der Waals surface area (Å²) in [5.74, 6) is -1.34. The molecule has 48 heavy (non-hydrogen) atoms. The fourth-order valence-corrected chi connectivity index (χ4v) is 5.68. The van der Waals surface area contributed by atoms with E-state index in [0.717, 1.165) is 47.1 Å². The molecular formula is C28H36CrN6O11PS. The van der Waals surface area contributed by atoms with Crippen molar-refractivity contribution in [1.82, 2.24) is 15.1 Å². The zero-order chi connectivity index (χ0) is 34.8. The van der Waals surface area contributed by atoms with Crippen LogP contribution in [0.2, 0.25) is 0 Å². The fourth-order valence-electron chi connectivity index (χ4n) is 5.22. The van der Waals surface area contributed by atoms with Gasteiger partial charge < -0.3 is 34.8 Å². The molecule has 4 N–H and O–H groups in total. The summed E-state index contributed by atoms with van der Waals surface area (Å²) in [5, 5.41) is 50.3. The van der Waals surface area contributed by atoms with E-state index >= 15 is 0 Å². The van der Waals surface area contributed by atoms with Crippen molar-refractivity contribution in [3.8, 4) is 17.3 Å². The second-order valence-electron chi connectivity index (χ2n) is 11.1. The van der Waals surface area contributed by atoms with Gasteiger partial charge in [0, 0.05) is 30.1 Å². The molecule has 2 aromatic carbocycles. The molecule has 0 bridgehead atoms. The molecule has 1 heterocycles. The predicted octanol–water partition coefficient (Wildman–Crippen LogP) is 3.87. The molecule has 1 radical (unpaired) electrons. The molecule has 17 nitrogen and oxygen atoms in total. The number of aryl methyl sites for hydroxylation is 1. The molecule has 20 heteroatoms. The monoisotopic (exact) mass is 747 g/mol. The smallest absolute Gasteiger partial charge is 0.871 e. The molecule has 5 rings (SSSR count). The number of non-ortho nitro benzene ring substituents is 1. The quantitative estimate of drug-likeness (QED) is 0.0879. The molecule has 2 aliphatic rings. The summed E-state index contributed by atoms with van der Waals surface area (Å²) in [6.45, 7) is 1.45. The van der Waals surface area contributed by atoms with E-state index in [4.69, 9.17) is 19.2 Å². The Morgan fingerprint density at radius 3 is 1.88 bits per heavy atom. The van der Waals surface area contributed by atoms with Crippen molar-refractivity contribution in [1.29, 1.82) is 0 Å². The number of nitrogens with zero attached hydrogens (tertiary/aromatic N) is 5. The Balaban J connectivity index is 0.000000347. The van der Waals surface area contributed by atoms with Crippen molar-refractivity contribution < 1.29 is 64.7 Å². The van der Waals surface area contributed by atoms with Gasteiger partial charge in [-0.25, -0.2) is 17.7 Å². The van der Waals surface area contributed by atoms with Crippen LogP contribution in [0.3, 0.4) is 0 Å². The van der Waals surface area contributed by atoms with Crippen molar-refractivity contribution in [3.63, 3.8) is 0 Å². The van der Waals surface area contributed by atoms with E-state index < -0.39 is 39.4 Å². The first-order valence-corrected chi connectivity index (χ1v) is 17.7. The van der Waals surface area contributed by atoms with Gasteiger partial charge in [0.2, 0.25) is 0 Å². The molecular weight excluding hydrogens is 711 g/mol. The first-order valence-electron chi connectivity index (χ1n) is 14.8. The third-order valence-corrected chi connectivity index (χ3v) is 8.30. The van der Waals surface area contributed by atoms with Crippen LogP contribution in [0.1, 0.15) is 69.9 Å². The summed E-state index contributed by atoms with van der Waals surface area (Å²) in [6.07, 6.45) is 14.6. The Morgan fingerprint density at radius 1 is 0.917 bits per heavy atom. The Bertz CT molecular complexity index is 1660. The molecule has 0 saturated heterocycles. The number of hydrogen-bond donors (Lipinski definition) is 4. The molecule has 0 aliphatic heterocycles. The second kappa shape index (κ2) is 18.5. The van der Waals surface area contributed by atoms with Crippen LogP contribution in [0.4, 0.5) is 17.1 Å². The van der Waals surface area contributed by atoms with E-state index in [2.05, 4.69) is 20.6 Å². The van der Waals surface area contributed by atoms with E-state index in [0.29, 0.717) is 0 Å². The first-order chi connectivity index (χ1) is 22.0. The maximum Gasteiger partial charge on any atom is 3.00 e. The van der Waals surface area contributed by atoms with Gasteiger partial charge in [0.25, 0.3) is 5.69 Å². The first kappa shape index (κ1) is 40.9. The number of aromatic nitrogens is 2. The normalized spacial score (nSPS) is 15.9. The van der Waals surface area contributed by atoms with Crippen LogP contribution in [0.5, 0.6) is 11.6 Å². The van der Waals surface area contributed by atoms with Gasteiger partial charge in [0.15, 0.2) is 0 Å². The van der Waals surface area contributed by atoms with Crippen molar-refractivity contribution in [2.24, 2.45) is 10.2 Å². The average molecular weight is 748 g/mol. The van der Waals surface area contributed by atoms with E-state index in [1.54, 1.807) is 0 Å². The Kier molecular flexibility index (Phi) is 15.8. The molecule has 261 valence electrons. The van der Waals surface area contributed by atoms with Gasteiger partial charge in [-0.15, -0.1) is 5.11 Å². The van der Waals surface area contributed by atoms with Crippen LogP contribution < -0.4 is 15.5 Å². The SMILES string of the molecule is C1CCC(NC2CCCCC2)CC1.Cc1nn(-c2ccc(S(=O)(=O)[O-])cc2)c([O-])c1N=Nc1cc([N+](=O)[O-])ccc1[O-].O=P(O)(O)O.[Cr+3]. The van der Waals surface area contributed by atoms with E-state index in [1.165, 1.54) is 83.3 Å². The van der Waals surface area contributed by atoms with E-state index in [-0.39, 0.29) is 45.8 Å². The molecule has 0 spiro atoms. The van der Waals surface area contributed by atoms with Gasteiger partial charge in [-0.05, 0) is 56.9 Å². The van der Waals surface area contributed by atoms with Gasteiger partial charge in [0.05, 0.1) is 26.9 Å². The van der Waals surface area contributed by atoms with E-state index in [1.807, 2.05) is 0 Å². The minimum absolute atomic E-state index is 0. The van der Waals surface area contributed by atoms with Crippen LogP contribution in [-0.2, 0) is 32.0 Å². The average Bonchev–Trinajstić information content (AvgIpc) is 3.29. The third kappa shape index (κ3) is 13.3. The summed E-state index contributed by atoms with van der Waals surface area (Å²) < 4.78 is 42.7. The number of nitro benzene ring substituents is 1. The van der Waals surface area contributed by atoms with Crippen molar-refractivity contribution in [2.45, 2.75) is 88.1 Å². The largest absolute Gasteiger partial charge is 3.00 e. The van der Waals surface area contributed by atoms with Gasteiger partial charge in [-0.1, -0.05) is 50.3 Å². The van der Waals surface area contributed by atoms with Crippen LogP contribution in [-0.4, -0.2) is 54.4 Å². The molecule has 2 fully saturated rings. The van der Waals surface area contributed by atoms with Crippen LogP contribution in [0, 0.1) is 17.0 Å². The number of azo groups is 1. The van der Waals surface area contributed by atoms with Crippen molar-refractivity contribution in [2.75, 3.05) is 0 Å². The molecule has 2 aliphatic carbocycles. The Hall–Kier alpha value is -3.24. The zero-order valence-electron chi connectivity index (χ0n) is 25.9. The summed E-state index contributed by atoms with van der Waals surface area (Å²) >= 11 is 0. The maximum absolute atomic E-state index is 12.5. The zero-order valence-corrected chi connectivity index (χ0v) is 28.9. The Morgan fingerprint density at radius 2 is 1.42 bits per heavy atom. The summed E-state index contributed by atoms with van der Waals surface area (Å²) in [7, 11) is -9.28. The van der Waals surface area contributed by atoms with Crippen molar-refractivity contribution >= 4 is 35.0 Å². The maximum atomic E-state index is 12.5. The minimum Gasteiger partial charge on any atom is -0.871 e. The number of benzene rings is 2. The topological polar surface area (TPSA) is 279 Å². The molecule has 1 aromatic heterocycles. The number of nitrogens with one attached hydrogen (secondary N) is 1. The Labute approximate surface area is 288 Å². The standard InChI is InChI=1S/C16H13N5O7S.C12H23N.Cr.H3O4P/c1-9-15(18-17-13-8-11(21(24)25)4-7-14(13)22)16(23)20(19-9)10-2-5-12(6-3-10)29(26,27)28;1-3-7-11(8-4-1)13-12-9-5-2-6-10-12;;1-5(2,3)4/h2-8,22-23H,1H3,(H,26,27,28);11-13H,1-10H2;;(H3,1,2,3,4)/q;;+3;/p-3. The number of nitro groups is 1. The van der Waals surface area contributed by atoms with Crippen LogP contribution in [0.15, 0.2) is 57.6 Å². The molecule has 0 amide bonds. The van der Waals surface area contributed by atoms with Crippen LogP contribution in [0.25, 0.3) is 5.69 Å². The van der Waals surface area contributed by atoms with Gasteiger partial charge in [-0.3, -0.25) is 10.1 Å². The summed E-state index contributed by atoms with van der Waals surface area (Å²) in [6, 6.07) is 9.16. The predicted molar refractivity (Wildman–Crippen MR) is 164 cm³/mol. The molecule has 0 unspecified atom stereocenters. The third-order valence-electron chi connectivity index (χ3n) is 7.45. The number of hydrogen-bond acceptors (Lipinski definition) is 12. The van der Waals surface area contributed by atoms with Crippen LogP contribution >= 0.6 is 7.82 Å². The molecule has 0 atom stereocenters. The number of phosphoric acid groups is 1. The van der Waals surface area contributed by atoms with Gasteiger partial charge in [-0.2, -0.15) is 10.2 Å². The summed E-state index contributed by atoms with van der Waals surface area (Å²) in [5.41, 5.74) is -0.571. The molecule has 2 saturated carbocycles. The van der Waals surface area contributed by atoms with Crippen molar-refractivity contribution in [3.05, 3.63) is 58.3 Å². The second-order valence-corrected chi connectivity index (χ2v) is 13.5.